The van der Waals surface area contributed by atoms with E-state index >= 15 is 0 Å². The number of nitrogens with zero attached hydrogens (tertiary/aromatic N) is 6. The number of anilines is 1. The monoisotopic (exact) mass is 449 g/mol. The van der Waals surface area contributed by atoms with Gasteiger partial charge in [0.15, 0.2) is 5.65 Å². The molecular formula is C23H24ClN7O. The van der Waals surface area contributed by atoms with Crippen molar-refractivity contribution in [1.82, 2.24) is 29.6 Å². The Kier molecular flexibility index (Phi) is 5.87. The Morgan fingerprint density at radius 3 is 2.47 bits per heavy atom. The fourth-order valence-electron chi connectivity index (χ4n) is 3.94. The van der Waals surface area contributed by atoms with Crippen molar-refractivity contribution < 1.29 is 4.74 Å². The minimum atomic E-state index is 0.200. The first-order valence-electron chi connectivity index (χ1n) is 10.7. The summed E-state index contributed by atoms with van der Waals surface area (Å²) in [5.74, 6) is 0.338. The Morgan fingerprint density at radius 2 is 1.72 bits per heavy atom. The number of ether oxygens (including phenoxy) is 1. The second-order valence-electron chi connectivity index (χ2n) is 8.01. The van der Waals surface area contributed by atoms with E-state index in [1.807, 2.05) is 10.7 Å². The molecule has 9 heteroatoms. The zero-order valence-corrected chi connectivity index (χ0v) is 18.4. The van der Waals surface area contributed by atoms with Crippen molar-refractivity contribution in [2.24, 2.45) is 0 Å². The highest BCUT2D eigenvalue weighted by Gasteiger charge is 2.14. The van der Waals surface area contributed by atoms with Gasteiger partial charge in [-0.15, -0.1) is 0 Å². The number of rotatable bonds is 7. The van der Waals surface area contributed by atoms with Crippen molar-refractivity contribution in [3.63, 3.8) is 0 Å². The molecule has 0 aliphatic carbocycles. The topological polar surface area (TPSA) is 95.0 Å². The molecule has 4 aromatic rings. The Balaban J connectivity index is 1.31. The van der Waals surface area contributed by atoms with Gasteiger partial charge in [-0.1, -0.05) is 35.9 Å². The van der Waals surface area contributed by atoms with E-state index in [0.717, 1.165) is 17.7 Å². The Labute approximate surface area is 191 Å². The SMILES string of the molecule is Nc1nc(OCc2ccnc(Cl)c2)nc2c1cnn2Cc1ccc(CN2CCCC2)cc1. The van der Waals surface area contributed by atoms with E-state index in [1.165, 1.54) is 31.5 Å². The summed E-state index contributed by atoms with van der Waals surface area (Å²) < 4.78 is 7.57. The van der Waals surface area contributed by atoms with E-state index in [-0.39, 0.29) is 12.6 Å². The molecule has 0 atom stereocenters. The first-order chi connectivity index (χ1) is 15.6. The van der Waals surface area contributed by atoms with Gasteiger partial charge in [-0.05, 0) is 54.8 Å². The van der Waals surface area contributed by atoms with Gasteiger partial charge in [-0.2, -0.15) is 15.1 Å². The van der Waals surface area contributed by atoms with Crippen molar-refractivity contribution in [2.45, 2.75) is 32.5 Å². The van der Waals surface area contributed by atoms with Gasteiger partial charge in [-0.25, -0.2) is 9.67 Å². The molecule has 0 unspecified atom stereocenters. The van der Waals surface area contributed by atoms with Gasteiger partial charge in [0.1, 0.15) is 17.6 Å². The van der Waals surface area contributed by atoms with Crippen molar-refractivity contribution in [2.75, 3.05) is 18.8 Å². The highest BCUT2D eigenvalue weighted by atomic mass is 35.5. The summed E-state index contributed by atoms with van der Waals surface area (Å²) in [6.07, 6.45) is 5.93. The van der Waals surface area contributed by atoms with Crippen molar-refractivity contribution in [1.29, 1.82) is 0 Å². The Hall–Kier alpha value is -3.23. The first-order valence-corrected chi connectivity index (χ1v) is 11.0. The smallest absolute Gasteiger partial charge is 0.320 e. The van der Waals surface area contributed by atoms with Gasteiger partial charge in [0.2, 0.25) is 0 Å². The fourth-order valence-corrected chi connectivity index (χ4v) is 4.14. The molecule has 0 bridgehead atoms. The third-order valence-electron chi connectivity index (χ3n) is 5.62. The standard InChI is InChI=1S/C23H24ClN7O/c24-20-11-18(7-8-26-20)15-32-23-28-21(25)19-12-27-31(22(19)29-23)14-17-5-3-16(4-6-17)13-30-9-1-2-10-30/h3-8,11-12H,1-2,9-10,13-15H2,(H2,25,28,29). The van der Waals surface area contributed by atoms with Gasteiger partial charge in [0, 0.05) is 12.7 Å². The summed E-state index contributed by atoms with van der Waals surface area (Å²) in [6.45, 7) is 4.25. The molecule has 0 saturated carbocycles. The number of aromatic nitrogens is 5. The summed E-state index contributed by atoms with van der Waals surface area (Å²) in [6, 6.07) is 12.4. The predicted molar refractivity (Wildman–Crippen MR) is 123 cm³/mol. The van der Waals surface area contributed by atoms with E-state index in [4.69, 9.17) is 22.1 Å². The molecule has 4 heterocycles. The second-order valence-corrected chi connectivity index (χ2v) is 8.39. The third-order valence-corrected chi connectivity index (χ3v) is 5.83. The highest BCUT2D eigenvalue weighted by Crippen LogP contribution is 2.22. The van der Waals surface area contributed by atoms with Crippen LogP contribution in [0.3, 0.4) is 0 Å². The van der Waals surface area contributed by atoms with Crippen LogP contribution in [0.1, 0.15) is 29.5 Å². The summed E-state index contributed by atoms with van der Waals surface area (Å²) in [4.78, 5) is 15.3. The summed E-state index contributed by atoms with van der Waals surface area (Å²) >= 11 is 5.93. The summed E-state index contributed by atoms with van der Waals surface area (Å²) in [5.41, 5.74) is 10.1. The minimum Gasteiger partial charge on any atom is -0.458 e. The maximum atomic E-state index is 6.13. The van der Waals surface area contributed by atoms with Crippen LogP contribution in [0.4, 0.5) is 5.82 Å². The number of hydrogen-bond donors (Lipinski definition) is 1. The molecule has 0 spiro atoms. The lowest BCUT2D eigenvalue weighted by Gasteiger charge is -2.14. The second kappa shape index (κ2) is 9.10. The predicted octanol–water partition coefficient (Wildman–Crippen LogP) is 3.68. The van der Waals surface area contributed by atoms with Crippen LogP contribution in [0.5, 0.6) is 6.01 Å². The van der Waals surface area contributed by atoms with Crippen LogP contribution in [0.2, 0.25) is 5.15 Å². The normalized spacial score (nSPS) is 14.3. The molecule has 1 saturated heterocycles. The van der Waals surface area contributed by atoms with Crippen LogP contribution >= 0.6 is 11.6 Å². The van der Waals surface area contributed by atoms with E-state index in [0.29, 0.717) is 28.5 Å². The van der Waals surface area contributed by atoms with Gasteiger partial charge in [-0.3, -0.25) is 4.90 Å². The molecule has 3 aromatic heterocycles. The zero-order valence-electron chi connectivity index (χ0n) is 17.6. The number of likely N-dealkylation sites (tertiary alicyclic amines) is 1. The largest absolute Gasteiger partial charge is 0.458 e. The minimum absolute atomic E-state index is 0.200. The number of halogens is 1. The maximum absolute atomic E-state index is 6.13. The molecular weight excluding hydrogens is 426 g/mol. The number of nitrogens with two attached hydrogens (primary N) is 1. The molecule has 1 aliphatic rings. The zero-order chi connectivity index (χ0) is 21.9. The van der Waals surface area contributed by atoms with E-state index < -0.39 is 0 Å². The molecule has 5 rings (SSSR count). The molecule has 1 aromatic carbocycles. The quantitative estimate of drug-likeness (QED) is 0.430. The highest BCUT2D eigenvalue weighted by molar-refractivity contribution is 6.29. The lowest BCUT2D eigenvalue weighted by molar-refractivity contribution is 0.282. The Morgan fingerprint density at radius 1 is 0.969 bits per heavy atom. The van der Waals surface area contributed by atoms with Crippen LogP contribution in [-0.4, -0.2) is 42.7 Å². The fraction of sp³-hybridized carbons (Fsp3) is 0.304. The van der Waals surface area contributed by atoms with E-state index in [1.54, 1.807) is 18.5 Å². The van der Waals surface area contributed by atoms with Crippen molar-refractivity contribution in [3.8, 4) is 6.01 Å². The van der Waals surface area contributed by atoms with Crippen LogP contribution in [0.15, 0.2) is 48.8 Å². The van der Waals surface area contributed by atoms with Gasteiger partial charge >= 0.3 is 6.01 Å². The van der Waals surface area contributed by atoms with Gasteiger partial charge in [0.25, 0.3) is 0 Å². The van der Waals surface area contributed by atoms with Gasteiger partial charge < -0.3 is 10.5 Å². The van der Waals surface area contributed by atoms with Crippen LogP contribution < -0.4 is 10.5 Å². The van der Waals surface area contributed by atoms with Gasteiger partial charge in [0.05, 0.1) is 18.1 Å². The summed E-state index contributed by atoms with van der Waals surface area (Å²) in [5, 5.41) is 5.59. The molecule has 0 radical (unpaired) electrons. The molecule has 8 nitrogen and oxygen atoms in total. The molecule has 1 fully saturated rings. The number of hydrogen-bond acceptors (Lipinski definition) is 7. The van der Waals surface area contributed by atoms with Crippen LogP contribution in [0, 0.1) is 0 Å². The molecule has 2 N–H and O–H groups in total. The van der Waals surface area contributed by atoms with Crippen LogP contribution in [0.25, 0.3) is 11.0 Å². The maximum Gasteiger partial charge on any atom is 0.320 e. The van der Waals surface area contributed by atoms with E-state index in [2.05, 4.69) is 49.2 Å². The molecule has 1 aliphatic heterocycles. The molecule has 164 valence electrons. The summed E-state index contributed by atoms with van der Waals surface area (Å²) in [7, 11) is 0. The molecule has 0 amide bonds. The number of nitrogen functional groups attached to an aromatic ring is 1. The van der Waals surface area contributed by atoms with Crippen LogP contribution in [-0.2, 0) is 19.7 Å². The number of benzene rings is 1. The average molecular weight is 450 g/mol. The third kappa shape index (κ3) is 4.66. The van der Waals surface area contributed by atoms with E-state index in [9.17, 15) is 0 Å². The Bertz CT molecular complexity index is 1220. The average Bonchev–Trinajstić information content (AvgIpc) is 3.44. The first kappa shape index (κ1) is 20.7. The number of fused-ring (bicyclic) bond motifs is 1. The lowest BCUT2D eigenvalue weighted by atomic mass is 10.1. The number of pyridine rings is 1. The van der Waals surface area contributed by atoms with Crippen molar-refractivity contribution in [3.05, 3.63) is 70.6 Å². The van der Waals surface area contributed by atoms with Crippen molar-refractivity contribution >= 4 is 28.5 Å². The molecule has 32 heavy (non-hydrogen) atoms. The lowest BCUT2D eigenvalue weighted by Crippen LogP contribution is -2.18.